The number of rotatable bonds is 5. The second kappa shape index (κ2) is 8.43. The molecule has 0 radical (unpaired) electrons. The van der Waals surface area contributed by atoms with Crippen LogP contribution in [-0.4, -0.2) is 52.9 Å². The number of carbonyl (C=O) groups is 1. The highest BCUT2D eigenvalue weighted by molar-refractivity contribution is 5.76. The molecule has 1 N–H and O–H groups in total. The summed E-state index contributed by atoms with van der Waals surface area (Å²) in [6.45, 7) is 5.84. The Balaban J connectivity index is 1.26. The second-order valence-corrected chi connectivity index (χ2v) is 9.87. The Hall–Kier alpha value is -2.54. The Morgan fingerprint density at radius 3 is 3.03 bits per heavy atom. The Kier molecular flexibility index (Phi) is 5.61. The molecule has 5 rings (SSSR count). The summed E-state index contributed by atoms with van der Waals surface area (Å²) < 4.78 is 18.7. The molecule has 0 bridgehead atoms. The molecule has 2 saturated heterocycles. The lowest BCUT2D eigenvalue weighted by Crippen LogP contribution is -2.56. The number of likely N-dealkylation sites (tertiary alicyclic amines) is 1. The third-order valence-electron chi connectivity index (χ3n) is 7.47. The fourth-order valence-electron chi connectivity index (χ4n) is 5.70. The van der Waals surface area contributed by atoms with Crippen molar-refractivity contribution in [2.24, 2.45) is 11.8 Å². The van der Waals surface area contributed by atoms with Crippen LogP contribution in [0.5, 0.6) is 11.5 Å². The van der Waals surface area contributed by atoms with Crippen LogP contribution in [0, 0.1) is 11.8 Å². The quantitative estimate of drug-likeness (QED) is 0.765. The molecule has 0 aliphatic carbocycles. The van der Waals surface area contributed by atoms with Crippen LogP contribution in [0.2, 0.25) is 0 Å². The average molecular weight is 440 g/mol. The summed E-state index contributed by atoms with van der Waals surface area (Å²) in [7, 11) is 1.68. The molecule has 4 atom stereocenters. The molecule has 4 heterocycles. The SMILES string of the molecule is COc1cccc2c1OC(C)(C)[C@H]1C[C@@H]3CN(C(=O)CCCc4cn[nH]c4)CC[C@@H]3O[C@H]21. The van der Waals surface area contributed by atoms with E-state index in [4.69, 9.17) is 14.2 Å². The molecule has 172 valence electrons. The number of para-hydroxylation sites is 1. The number of hydrogen-bond acceptors (Lipinski definition) is 5. The van der Waals surface area contributed by atoms with Crippen molar-refractivity contribution in [2.75, 3.05) is 20.2 Å². The lowest BCUT2D eigenvalue weighted by molar-refractivity contribution is -0.189. The first kappa shape index (κ1) is 21.3. The Morgan fingerprint density at radius 1 is 1.38 bits per heavy atom. The van der Waals surface area contributed by atoms with Gasteiger partial charge in [-0.3, -0.25) is 9.89 Å². The highest BCUT2D eigenvalue weighted by Crippen LogP contribution is 2.55. The van der Waals surface area contributed by atoms with Crippen molar-refractivity contribution in [2.45, 2.75) is 63.8 Å². The Morgan fingerprint density at radius 2 is 2.25 bits per heavy atom. The van der Waals surface area contributed by atoms with Gasteiger partial charge in [-0.25, -0.2) is 0 Å². The maximum absolute atomic E-state index is 12.9. The number of nitrogens with one attached hydrogen (secondary N) is 1. The molecule has 1 amide bonds. The highest BCUT2D eigenvalue weighted by atomic mass is 16.5. The normalized spacial score (nSPS) is 28.2. The molecule has 2 aromatic rings. The zero-order valence-electron chi connectivity index (χ0n) is 19.2. The number of ether oxygens (including phenoxy) is 3. The van der Waals surface area contributed by atoms with E-state index in [1.807, 2.05) is 29.4 Å². The Bertz CT molecular complexity index is 958. The predicted octanol–water partition coefficient (Wildman–Crippen LogP) is 3.91. The minimum absolute atomic E-state index is 0.00214. The van der Waals surface area contributed by atoms with Crippen LogP contribution in [0.15, 0.2) is 30.6 Å². The van der Waals surface area contributed by atoms with E-state index >= 15 is 0 Å². The number of amides is 1. The topological polar surface area (TPSA) is 76.7 Å². The number of benzene rings is 1. The number of nitrogens with zero attached hydrogens (tertiary/aromatic N) is 2. The van der Waals surface area contributed by atoms with Crippen LogP contribution in [0.4, 0.5) is 0 Å². The summed E-state index contributed by atoms with van der Waals surface area (Å²) in [6, 6.07) is 6.05. The number of piperidine rings is 1. The third kappa shape index (κ3) is 3.87. The fraction of sp³-hybridized carbons (Fsp3) is 0.600. The van der Waals surface area contributed by atoms with Crippen LogP contribution in [0.25, 0.3) is 0 Å². The standard InChI is InChI=1S/C25H33N3O4/c1-25(2)19-12-17-15-28(22(29)9-4-6-16-13-26-27-14-16)11-10-20(17)31-23(19)18-7-5-8-21(30-3)24(18)32-25/h5,7-8,13-14,17,19-20,23H,4,6,9-12,15H2,1-3H3,(H,26,27)/t17-,19+,20+,23-/m1/s1. The molecule has 1 aromatic heterocycles. The van der Waals surface area contributed by atoms with Gasteiger partial charge >= 0.3 is 0 Å². The van der Waals surface area contributed by atoms with Crippen molar-refractivity contribution < 1.29 is 19.0 Å². The molecular weight excluding hydrogens is 406 g/mol. The molecule has 0 spiro atoms. The van der Waals surface area contributed by atoms with Crippen molar-refractivity contribution in [3.63, 3.8) is 0 Å². The summed E-state index contributed by atoms with van der Waals surface area (Å²) in [4.78, 5) is 14.9. The molecule has 3 aliphatic heterocycles. The van der Waals surface area contributed by atoms with Crippen molar-refractivity contribution >= 4 is 5.91 Å². The molecule has 0 unspecified atom stereocenters. The molecule has 3 aliphatic rings. The van der Waals surface area contributed by atoms with Crippen LogP contribution in [-0.2, 0) is 16.0 Å². The van der Waals surface area contributed by atoms with Gasteiger partial charge in [-0.2, -0.15) is 5.10 Å². The number of methoxy groups -OCH3 is 1. The highest BCUT2D eigenvalue weighted by Gasteiger charge is 2.52. The first-order valence-electron chi connectivity index (χ1n) is 11.7. The molecular formula is C25H33N3O4. The first-order chi connectivity index (χ1) is 15.5. The smallest absolute Gasteiger partial charge is 0.222 e. The van der Waals surface area contributed by atoms with E-state index in [1.54, 1.807) is 7.11 Å². The van der Waals surface area contributed by atoms with Gasteiger partial charge in [-0.1, -0.05) is 12.1 Å². The van der Waals surface area contributed by atoms with Gasteiger partial charge in [-0.05, 0) is 51.2 Å². The summed E-state index contributed by atoms with van der Waals surface area (Å²) in [5.74, 6) is 2.40. The fourth-order valence-corrected chi connectivity index (χ4v) is 5.70. The van der Waals surface area contributed by atoms with Gasteiger partial charge in [-0.15, -0.1) is 0 Å². The van der Waals surface area contributed by atoms with Crippen LogP contribution < -0.4 is 9.47 Å². The van der Waals surface area contributed by atoms with Crippen molar-refractivity contribution in [1.29, 1.82) is 0 Å². The molecule has 7 heteroatoms. The minimum atomic E-state index is -0.367. The monoisotopic (exact) mass is 439 g/mol. The van der Waals surface area contributed by atoms with E-state index in [1.165, 1.54) is 0 Å². The van der Waals surface area contributed by atoms with E-state index in [9.17, 15) is 4.79 Å². The Labute approximate surface area is 189 Å². The minimum Gasteiger partial charge on any atom is -0.493 e. The van der Waals surface area contributed by atoms with Crippen molar-refractivity contribution in [1.82, 2.24) is 15.1 Å². The van der Waals surface area contributed by atoms with E-state index in [-0.39, 0.29) is 29.6 Å². The van der Waals surface area contributed by atoms with Gasteiger partial charge in [0.2, 0.25) is 5.91 Å². The van der Waals surface area contributed by atoms with Gasteiger partial charge in [0.05, 0.1) is 25.5 Å². The number of aromatic nitrogens is 2. The van der Waals surface area contributed by atoms with Crippen molar-refractivity contribution in [3.05, 3.63) is 41.7 Å². The lowest BCUT2D eigenvalue weighted by atomic mass is 9.70. The summed E-state index contributed by atoms with van der Waals surface area (Å²) in [6.07, 6.45) is 8.10. The first-order valence-corrected chi connectivity index (χ1v) is 11.7. The van der Waals surface area contributed by atoms with Crippen LogP contribution >= 0.6 is 0 Å². The maximum atomic E-state index is 12.9. The van der Waals surface area contributed by atoms with Gasteiger partial charge < -0.3 is 19.1 Å². The molecule has 1 aromatic carbocycles. The number of aromatic amines is 1. The van der Waals surface area contributed by atoms with Crippen LogP contribution in [0.1, 0.15) is 56.8 Å². The van der Waals surface area contributed by atoms with Crippen molar-refractivity contribution in [3.8, 4) is 11.5 Å². The predicted molar refractivity (Wildman–Crippen MR) is 120 cm³/mol. The van der Waals surface area contributed by atoms with E-state index < -0.39 is 0 Å². The largest absolute Gasteiger partial charge is 0.493 e. The summed E-state index contributed by atoms with van der Waals surface area (Å²) in [5.41, 5.74) is 1.87. The zero-order chi connectivity index (χ0) is 22.3. The molecule has 0 saturated carbocycles. The number of H-pyrrole nitrogens is 1. The summed E-state index contributed by atoms with van der Waals surface area (Å²) >= 11 is 0. The average Bonchev–Trinajstić information content (AvgIpc) is 3.31. The number of hydrogen-bond donors (Lipinski definition) is 1. The third-order valence-corrected chi connectivity index (χ3v) is 7.47. The molecule has 7 nitrogen and oxygen atoms in total. The van der Waals surface area contributed by atoms with E-state index in [2.05, 4.69) is 30.1 Å². The van der Waals surface area contributed by atoms with Crippen LogP contribution in [0.3, 0.4) is 0 Å². The number of carbonyl (C=O) groups excluding carboxylic acids is 1. The second-order valence-electron chi connectivity index (χ2n) is 9.87. The van der Waals surface area contributed by atoms with Gasteiger partial charge in [0.15, 0.2) is 11.5 Å². The molecule has 32 heavy (non-hydrogen) atoms. The number of aryl methyl sites for hydroxylation is 1. The molecule has 2 fully saturated rings. The van der Waals surface area contributed by atoms with E-state index in [0.29, 0.717) is 12.3 Å². The van der Waals surface area contributed by atoms with E-state index in [0.717, 1.165) is 61.4 Å². The maximum Gasteiger partial charge on any atom is 0.222 e. The van der Waals surface area contributed by atoms with Gasteiger partial charge in [0.25, 0.3) is 0 Å². The van der Waals surface area contributed by atoms with Gasteiger partial charge in [0, 0.05) is 43.1 Å². The lowest BCUT2D eigenvalue weighted by Gasteiger charge is -2.53. The summed E-state index contributed by atoms with van der Waals surface area (Å²) in [5, 5.41) is 6.80. The number of fused-ring (bicyclic) bond motifs is 4. The zero-order valence-corrected chi connectivity index (χ0v) is 19.2. The van der Waals surface area contributed by atoms with Gasteiger partial charge in [0.1, 0.15) is 5.60 Å².